The van der Waals surface area contributed by atoms with E-state index in [1.54, 1.807) is 0 Å². The Kier molecular flexibility index (Phi) is 11.5. The number of hydrogen-bond donors (Lipinski definition) is 0. The van der Waals surface area contributed by atoms with E-state index in [9.17, 15) is 4.79 Å². The molecule has 0 aromatic heterocycles. The second-order valence-corrected chi connectivity index (χ2v) is 5.09. The van der Waals surface area contributed by atoms with Gasteiger partial charge in [-0.15, -0.1) is 0 Å². The fourth-order valence-corrected chi connectivity index (χ4v) is 2.23. The minimum absolute atomic E-state index is 0.443. The molecule has 0 saturated carbocycles. The Morgan fingerprint density at radius 1 is 0.941 bits per heavy atom. The van der Waals surface area contributed by atoms with E-state index in [2.05, 4.69) is 20.4 Å². The average Bonchev–Trinajstić information content (AvgIpc) is 2.36. The summed E-state index contributed by atoms with van der Waals surface area (Å²) < 4.78 is 0. The molecule has 0 N–H and O–H groups in total. The smallest absolute Gasteiger partial charge is 0.145 e. The Morgan fingerprint density at radius 3 is 2.06 bits per heavy atom. The summed E-state index contributed by atoms with van der Waals surface area (Å²) in [6, 6.07) is 0. The fraction of sp³-hybridized carbons (Fsp3) is 0.812. The monoisotopic (exact) mass is 238 g/mol. The van der Waals surface area contributed by atoms with Crippen LogP contribution < -0.4 is 0 Å². The molecule has 0 fully saturated rings. The van der Waals surface area contributed by atoms with Gasteiger partial charge in [0.1, 0.15) is 6.29 Å². The van der Waals surface area contributed by atoms with Gasteiger partial charge in [-0.2, -0.15) is 0 Å². The minimum Gasteiger partial charge on any atom is -0.298 e. The van der Waals surface area contributed by atoms with Crippen LogP contribution in [0.4, 0.5) is 0 Å². The van der Waals surface area contributed by atoms with Gasteiger partial charge in [-0.25, -0.2) is 0 Å². The van der Waals surface area contributed by atoms with Crippen molar-refractivity contribution in [1.82, 2.24) is 0 Å². The highest BCUT2D eigenvalue weighted by Gasteiger charge is 2.11. The number of aldehydes is 1. The van der Waals surface area contributed by atoms with Crippen LogP contribution in [0.2, 0.25) is 0 Å². The van der Waals surface area contributed by atoms with Gasteiger partial charge in [0, 0.05) is 0 Å². The summed E-state index contributed by atoms with van der Waals surface area (Å²) in [6.45, 7) is 8.33. The van der Waals surface area contributed by atoms with Crippen LogP contribution in [0.25, 0.3) is 0 Å². The number of carbonyl (C=O) groups is 1. The zero-order valence-electron chi connectivity index (χ0n) is 11.8. The number of unbranched alkanes of at least 4 members (excludes halogenated alkanes) is 6. The highest BCUT2D eigenvalue weighted by atomic mass is 16.1. The molecule has 0 aliphatic carbocycles. The van der Waals surface area contributed by atoms with Gasteiger partial charge >= 0.3 is 0 Å². The molecule has 0 rings (SSSR count). The summed E-state index contributed by atoms with van der Waals surface area (Å²) in [6.07, 6.45) is 13.6. The van der Waals surface area contributed by atoms with E-state index in [1.807, 2.05) is 0 Å². The zero-order chi connectivity index (χ0) is 12.9. The minimum atomic E-state index is 0.443. The van der Waals surface area contributed by atoms with Crippen molar-refractivity contribution in [3.05, 3.63) is 12.2 Å². The highest BCUT2D eigenvalue weighted by Crippen LogP contribution is 2.22. The Hall–Kier alpha value is -0.590. The molecule has 100 valence electrons. The van der Waals surface area contributed by atoms with Gasteiger partial charge in [0.25, 0.3) is 0 Å². The molecule has 1 heteroatoms. The summed E-state index contributed by atoms with van der Waals surface area (Å²) in [5.41, 5.74) is 0.812. The maximum absolute atomic E-state index is 10.8. The first-order chi connectivity index (χ1) is 8.26. The van der Waals surface area contributed by atoms with Crippen LogP contribution in [0.5, 0.6) is 0 Å². The molecule has 0 amide bonds. The van der Waals surface area contributed by atoms with Crippen molar-refractivity contribution < 1.29 is 4.79 Å². The van der Waals surface area contributed by atoms with Gasteiger partial charge in [-0.3, -0.25) is 4.79 Å². The van der Waals surface area contributed by atoms with Crippen molar-refractivity contribution in [2.75, 3.05) is 0 Å². The molecule has 1 nitrogen and oxygen atoms in total. The van der Waals surface area contributed by atoms with E-state index in [-0.39, 0.29) is 0 Å². The lowest BCUT2D eigenvalue weighted by molar-refractivity contribution is -0.105. The predicted octanol–water partition coefficient (Wildman–Crippen LogP) is 5.30. The molecule has 0 bridgehead atoms. The van der Waals surface area contributed by atoms with Gasteiger partial charge < -0.3 is 0 Å². The SMILES string of the molecule is C=C(C=O)C(CCCC)CCCCCCCC. The lowest BCUT2D eigenvalue weighted by Crippen LogP contribution is -2.05. The largest absolute Gasteiger partial charge is 0.298 e. The molecule has 1 unspecified atom stereocenters. The van der Waals surface area contributed by atoms with Crippen LogP contribution in [0.15, 0.2) is 12.2 Å². The van der Waals surface area contributed by atoms with E-state index in [1.165, 1.54) is 51.4 Å². The summed E-state index contributed by atoms with van der Waals surface area (Å²) >= 11 is 0. The Balaban J connectivity index is 3.68. The molecule has 0 spiro atoms. The van der Waals surface area contributed by atoms with Gasteiger partial charge in [-0.05, 0) is 24.3 Å². The van der Waals surface area contributed by atoms with E-state index >= 15 is 0 Å². The lowest BCUT2D eigenvalue weighted by atomic mass is 9.90. The quantitative estimate of drug-likeness (QED) is 0.256. The van der Waals surface area contributed by atoms with Gasteiger partial charge in [0.05, 0.1) is 0 Å². The summed E-state index contributed by atoms with van der Waals surface area (Å²) in [4.78, 5) is 10.8. The molecule has 0 saturated heterocycles. The lowest BCUT2D eigenvalue weighted by Gasteiger charge is -2.15. The molecule has 0 aromatic rings. The van der Waals surface area contributed by atoms with Crippen LogP contribution in [-0.2, 0) is 4.79 Å². The molecule has 0 radical (unpaired) electrons. The molecule has 0 aromatic carbocycles. The Labute approximate surface area is 108 Å². The van der Waals surface area contributed by atoms with Crippen molar-refractivity contribution >= 4 is 6.29 Å². The first kappa shape index (κ1) is 16.4. The molecular weight excluding hydrogens is 208 g/mol. The van der Waals surface area contributed by atoms with E-state index in [0.29, 0.717) is 5.92 Å². The predicted molar refractivity (Wildman–Crippen MR) is 76.2 cm³/mol. The second kappa shape index (κ2) is 11.9. The van der Waals surface area contributed by atoms with E-state index < -0.39 is 0 Å². The standard InChI is InChI=1S/C16H30O/c1-4-6-8-9-10-11-13-16(12-7-5-2)15(3)14-17/h14,16H,3-13H2,1-2H3. The topological polar surface area (TPSA) is 17.1 Å². The fourth-order valence-electron chi connectivity index (χ4n) is 2.23. The maximum atomic E-state index is 10.8. The average molecular weight is 238 g/mol. The third-order valence-electron chi connectivity index (χ3n) is 3.49. The van der Waals surface area contributed by atoms with Crippen molar-refractivity contribution in [3.63, 3.8) is 0 Å². The first-order valence-electron chi connectivity index (χ1n) is 7.40. The van der Waals surface area contributed by atoms with Gasteiger partial charge in [0.15, 0.2) is 0 Å². The molecule has 0 aliphatic heterocycles. The van der Waals surface area contributed by atoms with Crippen molar-refractivity contribution in [2.24, 2.45) is 5.92 Å². The van der Waals surface area contributed by atoms with Crippen LogP contribution in [0.1, 0.15) is 78.1 Å². The number of rotatable bonds is 12. The normalized spacial score (nSPS) is 12.4. The third-order valence-corrected chi connectivity index (χ3v) is 3.49. The van der Waals surface area contributed by atoms with Crippen molar-refractivity contribution in [3.8, 4) is 0 Å². The first-order valence-corrected chi connectivity index (χ1v) is 7.40. The Morgan fingerprint density at radius 2 is 1.47 bits per heavy atom. The van der Waals surface area contributed by atoms with Gasteiger partial charge in [-0.1, -0.05) is 71.8 Å². The summed E-state index contributed by atoms with van der Waals surface area (Å²) in [5.74, 6) is 0.443. The van der Waals surface area contributed by atoms with Crippen LogP contribution in [-0.4, -0.2) is 6.29 Å². The van der Waals surface area contributed by atoms with Crippen molar-refractivity contribution in [1.29, 1.82) is 0 Å². The van der Waals surface area contributed by atoms with E-state index in [4.69, 9.17) is 0 Å². The summed E-state index contributed by atoms with van der Waals surface area (Å²) in [7, 11) is 0. The van der Waals surface area contributed by atoms with Crippen LogP contribution >= 0.6 is 0 Å². The van der Waals surface area contributed by atoms with Crippen LogP contribution in [0.3, 0.4) is 0 Å². The van der Waals surface area contributed by atoms with Crippen molar-refractivity contribution in [2.45, 2.75) is 78.1 Å². The maximum Gasteiger partial charge on any atom is 0.145 e. The highest BCUT2D eigenvalue weighted by molar-refractivity contribution is 5.72. The van der Waals surface area contributed by atoms with E-state index in [0.717, 1.165) is 24.7 Å². The number of hydrogen-bond acceptors (Lipinski definition) is 1. The third kappa shape index (κ3) is 9.14. The zero-order valence-corrected chi connectivity index (χ0v) is 11.8. The number of allylic oxidation sites excluding steroid dienone is 1. The molecule has 0 aliphatic rings. The number of carbonyl (C=O) groups excluding carboxylic acids is 1. The molecule has 0 heterocycles. The molecule has 17 heavy (non-hydrogen) atoms. The Bertz CT molecular complexity index is 196. The second-order valence-electron chi connectivity index (χ2n) is 5.09. The molecular formula is C16H30O. The van der Waals surface area contributed by atoms with Gasteiger partial charge in [0.2, 0.25) is 0 Å². The van der Waals surface area contributed by atoms with Crippen LogP contribution in [0, 0.1) is 5.92 Å². The molecule has 1 atom stereocenters. The summed E-state index contributed by atoms with van der Waals surface area (Å²) in [5, 5.41) is 0.